The molecule has 1 fully saturated rings. The number of furan rings is 1. The van der Waals surface area contributed by atoms with E-state index in [0.29, 0.717) is 11.7 Å². The molecule has 2 rings (SSSR count). The molecule has 1 aromatic heterocycles. The minimum atomic E-state index is -0.240. The van der Waals surface area contributed by atoms with Gasteiger partial charge in [0.25, 0.3) is 5.91 Å². The van der Waals surface area contributed by atoms with Gasteiger partial charge in [0.05, 0.1) is 6.26 Å². The highest BCUT2D eigenvalue weighted by atomic mass is 16.3. The number of rotatable bonds is 4. The Morgan fingerprint density at radius 1 is 1.71 bits per heavy atom. The predicted molar refractivity (Wildman–Crippen MR) is 62.7 cm³/mol. The lowest BCUT2D eigenvalue weighted by Crippen LogP contribution is -2.29. The zero-order chi connectivity index (χ0) is 12.3. The van der Waals surface area contributed by atoms with Crippen LogP contribution in [0.25, 0.3) is 6.08 Å². The summed E-state index contributed by atoms with van der Waals surface area (Å²) in [7, 11) is 1.73. The summed E-state index contributed by atoms with van der Waals surface area (Å²) in [4.78, 5) is 13.6. The fraction of sp³-hybridized carbons (Fsp3) is 0.385. The molecule has 17 heavy (non-hydrogen) atoms. The van der Waals surface area contributed by atoms with E-state index in [2.05, 4.69) is 0 Å². The van der Waals surface area contributed by atoms with Crippen LogP contribution in [-0.2, 0) is 4.79 Å². The van der Waals surface area contributed by atoms with Crippen LogP contribution in [-0.4, -0.2) is 24.4 Å². The van der Waals surface area contributed by atoms with Crippen LogP contribution < -0.4 is 0 Å². The second-order valence-corrected chi connectivity index (χ2v) is 4.31. The first kappa shape index (κ1) is 11.5. The molecule has 1 amide bonds. The highest BCUT2D eigenvalue weighted by Crippen LogP contribution is 2.29. The molecule has 0 saturated heterocycles. The van der Waals surface area contributed by atoms with E-state index in [1.165, 1.54) is 25.2 Å². The second-order valence-electron chi connectivity index (χ2n) is 4.31. The Labute approximate surface area is 100 Å². The Hall–Kier alpha value is -2.02. The number of hydrogen-bond acceptors (Lipinski definition) is 3. The van der Waals surface area contributed by atoms with Crippen LogP contribution in [0.2, 0.25) is 0 Å². The van der Waals surface area contributed by atoms with Crippen LogP contribution in [0, 0.1) is 17.2 Å². The van der Waals surface area contributed by atoms with Crippen molar-refractivity contribution in [2.75, 3.05) is 13.6 Å². The standard InChI is InChI=1S/C13H14N2O2/c1-15(9-10-4-5-10)13(16)11(8-14)7-12-3-2-6-17-12/h2-3,6-7,10H,4-5,9H2,1H3/b11-7+. The average Bonchev–Trinajstić information content (AvgIpc) is 2.99. The third kappa shape index (κ3) is 2.97. The molecular weight excluding hydrogens is 216 g/mol. The summed E-state index contributed by atoms with van der Waals surface area (Å²) in [6, 6.07) is 5.36. The third-order valence-electron chi connectivity index (χ3n) is 2.76. The molecule has 1 aromatic rings. The van der Waals surface area contributed by atoms with Gasteiger partial charge in [0.15, 0.2) is 0 Å². The van der Waals surface area contributed by atoms with E-state index in [-0.39, 0.29) is 11.5 Å². The fourth-order valence-corrected chi connectivity index (χ4v) is 1.63. The van der Waals surface area contributed by atoms with E-state index in [9.17, 15) is 4.79 Å². The van der Waals surface area contributed by atoms with Crippen molar-refractivity contribution >= 4 is 12.0 Å². The van der Waals surface area contributed by atoms with Crippen molar-refractivity contribution in [1.82, 2.24) is 4.90 Å². The van der Waals surface area contributed by atoms with E-state index in [1.807, 2.05) is 6.07 Å². The molecule has 0 aromatic carbocycles. The summed E-state index contributed by atoms with van der Waals surface area (Å²) >= 11 is 0. The average molecular weight is 230 g/mol. The summed E-state index contributed by atoms with van der Waals surface area (Å²) in [5, 5.41) is 8.99. The smallest absolute Gasteiger partial charge is 0.264 e. The lowest BCUT2D eigenvalue weighted by atomic mass is 10.2. The van der Waals surface area contributed by atoms with Crippen molar-refractivity contribution in [2.45, 2.75) is 12.8 Å². The maximum absolute atomic E-state index is 12.0. The Morgan fingerprint density at radius 3 is 3.00 bits per heavy atom. The fourth-order valence-electron chi connectivity index (χ4n) is 1.63. The van der Waals surface area contributed by atoms with Gasteiger partial charge in [0.2, 0.25) is 0 Å². The zero-order valence-corrected chi connectivity index (χ0v) is 9.72. The molecule has 0 atom stereocenters. The molecule has 0 bridgehead atoms. The maximum atomic E-state index is 12.0. The Morgan fingerprint density at radius 2 is 2.47 bits per heavy atom. The van der Waals surface area contributed by atoms with Gasteiger partial charge in [-0.3, -0.25) is 4.79 Å². The Balaban J connectivity index is 2.07. The highest BCUT2D eigenvalue weighted by molar-refractivity contribution is 6.01. The molecule has 4 nitrogen and oxygen atoms in total. The van der Waals surface area contributed by atoms with Crippen LogP contribution in [0.1, 0.15) is 18.6 Å². The molecule has 0 spiro atoms. The van der Waals surface area contributed by atoms with E-state index in [4.69, 9.17) is 9.68 Å². The van der Waals surface area contributed by atoms with Crippen LogP contribution in [0.5, 0.6) is 0 Å². The first-order valence-corrected chi connectivity index (χ1v) is 5.61. The molecule has 0 aliphatic heterocycles. The van der Waals surface area contributed by atoms with Gasteiger partial charge in [-0.1, -0.05) is 0 Å². The largest absolute Gasteiger partial charge is 0.465 e. The minimum absolute atomic E-state index is 0.114. The number of carbonyl (C=O) groups is 1. The molecule has 88 valence electrons. The number of hydrogen-bond donors (Lipinski definition) is 0. The zero-order valence-electron chi connectivity index (χ0n) is 9.72. The van der Waals surface area contributed by atoms with E-state index in [1.54, 1.807) is 24.1 Å². The molecule has 1 heterocycles. The van der Waals surface area contributed by atoms with Gasteiger partial charge in [-0.25, -0.2) is 0 Å². The van der Waals surface area contributed by atoms with Crippen molar-refractivity contribution in [3.05, 3.63) is 29.7 Å². The highest BCUT2D eigenvalue weighted by Gasteiger charge is 2.26. The van der Waals surface area contributed by atoms with Crippen molar-refractivity contribution in [1.29, 1.82) is 5.26 Å². The lowest BCUT2D eigenvalue weighted by Gasteiger charge is -2.15. The number of likely N-dealkylation sites (N-methyl/N-ethyl adjacent to an activating group) is 1. The molecule has 1 aliphatic rings. The number of nitrogens with zero attached hydrogens (tertiary/aromatic N) is 2. The van der Waals surface area contributed by atoms with Crippen LogP contribution in [0.4, 0.5) is 0 Å². The molecule has 1 aliphatic carbocycles. The number of amides is 1. The summed E-state index contributed by atoms with van der Waals surface area (Å²) in [6.45, 7) is 0.732. The summed E-state index contributed by atoms with van der Waals surface area (Å²) in [5.41, 5.74) is 0.114. The lowest BCUT2D eigenvalue weighted by molar-refractivity contribution is -0.125. The predicted octanol–water partition coefficient (Wildman–Crippen LogP) is 2.05. The first-order chi connectivity index (χ1) is 8.20. The molecule has 0 unspecified atom stereocenters. The van der Waals surface area contributed by atoms with Crippen LogP contribution in [0.15, 0.2) is 28.4 Å². The molecule has 1 saturated carbocycles. The summed E-state index contributed by atoms with van der Waals surface area (Å²) in [6.07, 6.45) is 5.35. The normalized spacial score (nSPS) is 15.4. The van der Waals surface area contributed by atoms with Crippen molar-refractivity contribution < 1.29 is 9.21 Å². The van der Waals surface area contributed by atoms with Gasteiger partial charge < -0.3 is 9.32 Å². The number of carbonyl (C=O) groups excluding carboxylic acids is 1. The second kappa shape index (κ2) is 4.88. The quantitative estimate of drug-likeness (QED) is 0.587. The van der Waals surface area contributed by atoms with Crippen LogP contribution >= 0.6 is 0 Å². The van der Waals surface area contributed by atoms with Gasteiger partial charge >= 0.3 is 0 Å². The van der Waals surface area contributed by atoms with Gasteiger partial charge in [-0.2, -0.15) is 5.26 Å². The summed E-state index contributed by atoms with van der Waals surface area (Å²) in [5.74, 6) is 0.901. The monoisotopic (exact) mass is 230 g/mol. The van der Waals surface area contributed by atoms with Crippen molar-refractivity contribution in [3.8, 4) is 6.07 Å². The van der Waals surface area contributed by atoms with Gasteiger partial charge in [-0.15, -0.1) is 0 Å². The Kier molecular flexibility index (Phi) is 3.29. The van der Waals surface area contributed by atoms with E-state index < -0.39 is 0 Å². The van der Waals surface area contributed by atoms with E-state index >= 15 is 0 Å². The first-order valence-electron chi connectivity index (χ1n) is 5.61. The molecule has 0 radical (unpaired) electrons. The molecule has 4 heteroatoms. The maximum Gasteiger partial charge on any atom is 0.264 e. The summed E-state index contributed by atoms with van der Waals surface area (Å²) < 4.78 is 5.09. The SMILES string of the molecule is CN(CC1CC1)C(=O)/C(C#N)=C/c1ccco1. The van der Waals surface area contributed by atoms with Gasteiger partial charge in [0.1, 0.15) is 17.4 Å². The van der Waals surface area contributed by atoms with Gasteiger partial charge in [0, 0.05) is 19.7 Å². The molecular formula is C13H14N2O2. The topological polar surface area (TPSA) is 57.2 Å². The minimum Gasteiger partial charge on any atom is -0.465 e. The van der Waals surface area contributed by atoms with E-state index in [0.717, 1.165) is 6.54 Å². The third-order valence-corrected chi connectivity index (χ3v) is 2.76. The van der Waals surface area contributed by atoms with Crippen molar-refractivity contribution in [3.63, 3.8) is 0 Å². The van der Waals surface area contributed by atoms with Gasteiger partial charge in [-0.05, 0) is 30.9 Å². The van der Waals surface area contributed by atoms with Crippen LogP contribution in [0.3, 0.4) is 0 Å². The Bertz CT molecular complexity index is 464. The molecule has 0 N–H and O–H groups in total. The number of nitriles is 1. The van der Waals surface area contributed by atoms with Crippen molar-refractivity contribution in [2.24, 2.45) is 5.92 Å².